The van der Waals surface area contributed by atoms with Gasteiger partial charge in [-0.2, -0.15) is 0 Å². The first-order valence-corrected chi connectivity index (χ1v) is 5.18. The van der Waals surface area contributed by atoms with Crippen molar-refractivity contribution in [1.29, 1.82) is 0 Å². The topological polar surface area (TPSA) is 21.3 Å². The summed E-state index contributed by atoms with van der Waals surface area (Å²) in [6.07, 6.45) is 0. The SMILES string of the molecule is CC(C)C(C)(C)NCC1(C)COC1. The lowest BCUT2D eigenvalue weighted by Gasteiger charge is -2.42. The van der Waals surface area contributed by atoms with Crippen LogP contribution in [0, 0.1) is 11.3 Å². The van der Waals surface area contributed by atoms with E-state index >= 15 is 0 Å². The van der Waals surface area contributed by atoms with Crippen LogP contribution in [0.15, 0.2) is 0 Å². The van der Waals surface area contributed by atoms with E-state index in [1.165, 1.54) is 0 Å². The van der Waals surface area contributed by atoms with Gasteiger partial charge in [0.25, 0.3) is 0 Å². The van der Waals surface area contributed by atoms with E-state index in [4.69, 9.17) is 4.74 Å². The smallest absolute Gasteiger partial charge is 0.0554 e. The van der Waals surface area contributed by atoms with Gasteiger partial charge in [0.05, 0.1) is 13.2 Å². The molecule has 2 heteroatoms. The Morgan fingerprint density at radius 3 is 2.23 bits per heavy atom. The van der Waals surface area contributed by atoms with Gasteiger partial charge in [0.15, 0.2) is 0 Å². The van der Waals surface area contributed by atoms with Crippen molar-refractivity contribution in [2.24, 2.45) is 11.3 Å². The molecule has 0 amide bonds. The first-order valence-electron chi connectivity index (χ1n) is 5.18. The van der Waals surface area contributed by atoms with Gasteiger partial charge in [-0.3, -0.25) is 0 Å². The predicted octanol–water partition coefficient (Wildman–Crippen LogP) is 2.05. The molecule has 0 aliphatic carbocycles. The zero-order valence-electron chi connectivity index (χ0n) is 9.61. The quantitative estimate of drug-likeness (QED) is 0.723. The molecular weight excluding hydrogens is 162 g/mol. The highest BCUT2D eigenvalue weighted by Gasteiger charge is 2.35. The lowest BCUT2D eigenvalue weighted by Crippen LogP contribution is -2.54. The second-order valence-corrected chi connectivity index (χ2v) is 5.53. The minimum atomic E-state index is 0.235. The van der Waals surface area contributed by atoms with Crippen molar-refractivity contribution >= 4 is 0 Å². The third kappa shape index (κ3) is 2.68. The molecule has 1 N–H and O–H groups in total. The lowest BCUT2D eigenvalue weighted by atomic mass is 9.85. The first kappa shape index (κ1) is 11.0. The molecule has 1 aliphatic rings. The van der Waals surface area contributed by atoms with Gasteiger partial charge in [-0.05, 0) is 19.8 Å². The normalized spacial score (nSPS) is 21.7. The van der Waals surface area contributed by atoms with Gasteiger partial charge >= 0.3 is 0 Å². The molecule has 2 nitrogen and oxygen atoms in total. The fourth-order valence-electron chi connectivity index (χ4n) is 1.20. The van der Waals surface area contributed by atoms with Crippen LogP contribution in [0.1, 0.15) is 34.6 Å². The van der Waals surface area contributed by atoms with Crippen LogP contribution in [0.2, 0.25) is 0 Å². The van der Waals surface area contributed by atoms with Gasteiger partial charge in [0.2, 0.25) is 0 Å². The fraction of sp³-hybridized carbons (Fsp3) is 1.00. The molecule has 1 rings (SSSR count). The molecule has 78 valence electrons. The summed E-state index contributed by atoms with van der Waals surface area (Å²) in [5.41, 5.74) is 0.616. The van der Waals surface area contributed by atoms with Crippen LogP contribution in [0.3, 0.4) is 0 Å². The summed E-state index contributed by atoms with van der Waals surface area (Å²) in [5, 5.41) is 3.62. The molecule has 0 radical (unpaired) electrons. The summed E-state index contributed by atoms with van der Waals surface area (Å²) in [6.45, 7) is 14.2. The van der Waals surface area contributed by atoms with E-state index in [1.54, 1.807) is 0 Å². The first-order chi connectivity index (χ1) is 5.86. The van der Waals surface area contributed by atoms with Crippen molar-refractivity contribution in [3.8, 4) is 0 Å². The highest BCUT2D eigenvalue weighted by atomic mass is 16.5. The van der Waals surface area contributed by atoms with Crippen LogP contribution in [0.4, 0.5) is 0 Å². The van der Waals surface area contributed by atoms with Crippen molar-refractivity contribution < 1.29 is 4.74 Å². The predicted molar refractivity (Wildman–Crippen MR) is 55.8 cm³/mol. The minimum absolute atomic E-state index is 0.235. The maximum atomic E-state index is 5.22. The molecule has 0 saturated carbocycles. The Morgan fingerprint density at radius 1 is 1.38 bits per heavy atom. The highest BCUT2D eigenvalue weighted by molar-refractivity contribution is 4.88. The third-order valence-electron chi connectivity index (χ3n) is 3.32. The van der Waals surface area contributed by atoms with E-state index in [1.807, 2.05) is 0 Å². The van der Waals surface area contributed by atoms with Crippen LogP contribution in [-0.4, -0.2) is 25.3 Å². The molecule has 0 aromatic heterocycles. The molecule has 1 fully saturated rings. The van der Waals surface area contributed by atoms with Crippen LogP contribution in [-0.2, 0) is 4.74 Å². The number of rotatable bonds is 4. The molecule has 1 aliphatic heterocycles. The Kier molecular flexibility index (Phi) is 3.03. The second kappa shape index (κ2) is 3.58. The van der Waals surface area contributed by atoms with Gasteiger partial charge in [-0.15, -0.1) is 0 Å². The number of hydrogen-bond acceptors (Lipinski definition) is 2. The van der Waals surface area contributed by atoms with Gasteiger partial charge < -0.3 is 10.1 Å². The Labute approximate surface area is 82.0 Å². The second-order valence-electron chi connectivity index (χ2n) is 5.53. The van der Waals surface area contributed by atoms with Crippen molar-refractivity contribution in [1.82, 2.24) is 5.32 Å². The molecule has 0 aromatic rings. The third-order valence-corrected chi connectivity index (χ3v) is 3.32. The van der Waals surface area contributed by atoms with Crippen molar-refractivity contribution in [3.05, 3.63) is 0 Å². The molecule has 0 unspecified atom stereocenters. The minimum Gasteiger partial charge on any atom is -0.380 e. The zero-order chi connectivity index (χ0) is 10.1. The average molecular weight is 185 g/mol. The van der Waals surface area contributed by atoms with E-state index in [0.717, 1.165) is 19.8 Å². The molecule has 1 saturated heterocycles. The standard InChI is InChI=1S/C11H23NO/c1-9(2)10(3,4)12-6-11(5)7-13-8-11/h9,12H,6-8H2,1-5H3. The summed E-state index contributed by atoms with van der Waals surface area (Å²) < 4.78 is 5.22. The molecule has 0 spiro atoms. The van der Waals surface area contributed by atoms with E-state index in [9.17, 15) is 0 Å². The largest absolute Gasteiger partial charge is 0.380 e. The molecular formula is C11H23NO. The van der Waals surface area contributed by atoms with Gasteiger partial charge in [-0.25, -0.2) is 0 Å². The van der Waals surface area contributed by atoms with Gasteiger partial charge in [-0.1, -0.05) is 20.8 Å². The Balaban J connectivity index is 2.32. The van der Waals surface area contributed by atoms with Crippen LogP contribution >= 0.6 is 0 Å². The number of ether oxygens (including phenoxy) is 1. The Bertz CT molecular complexity index is 171. The summed E-state index contributed by atoms with van der Waals surface area (Å²) in [4.78, 5) is 0. The summed E-state index contributed by atoms with van der Waals surface area (Å²) in [5.74, 6) is 0.664. The van der Waals surface area contributed by atoms with Gasteiger partial charge in [0.1, 0.15) is 0 Å². The maximum absolute atomic E-state index is 5.22. The zero-order valence-corrected chi connectivity index (χ0v) is 9.61. The monoisotopic (exact) mass is 185 g/mol. The van der Waals surface area contributed by atoms with E-state index in [-0.39, 0.29) is 5.54 Å². The molecule has 0 atom stereocenters. The van der Waals surface area contributed by atoms with Gasteiger partial charge in [0, 0.05) is 17.5 Å². The lowest BCUT2D eigenvalue weighted by molar-refractivity contribution is -0.102. The molecule has 0 bridgehead atoms. The van der Waals surface area contributed by atoms with Crippen LogP contribution in [0.5, 0.6) is 0 Å². The number of hydrogen-bond donors (Lipinski definition) is 1. The Morgan fingerprint density at radius 2 is 1.92 bits per heavy atom. The van der Waals surface area contributed by atoms with Crippen molar-refractivity contribution in [2.45, 2.75) is 40.2 Å². The molecule has 1 heterocycles. The van der Waals surface area contributed by atoms with Crippen LogP contribution < -0.4 is 5.32 Å². The Hall–Kier alpha value is -0.0800. The maximum Gasteiger partial charge on any atom is 0.0554 e. The van der Waals surface area contributed by atoms with E-state index < -0.39 is 0 Å². The van der Waals surface area contributed by atoms with E-state index in [0.29, 0.717) is 11.3 Å². The summed E-state index contributed by atoms with van der Waals surface area (Å²) >= 11 is 0. The average Bonchev–Trinajstić information content (AvgIpc) is 1.97. The summed E-state index contributed by atoms with van der Waals surface area (Å²) in [6, 6.07) is 0. The van der Waals surface area contributed by atoms with Crippen molar-refractivity contribution in [3.63, 3.8) is 0 Å². The van der Waals surface area contributed by atoms with Crippen LogP contribution in [0.25, 0.3) is 0 Å². The highest BCUT2D eigenvalue weighted by Crippen LogP contribution is 2.27. The van der Waals surface area contributed by atoms with E-state index in [2.05, 4.69) is 39.9 Å². The molecule has 13 heavy (non-hydrogen) atoms. The van der Waals surface area contributed by atoms with Crippen molar-refractivity contribution in [2.75, 3.05) is 19.8 Å². The molecule has 0 aromatic carbocycles. The number of nitrogens with one attached hydrogen (secondary N) is 1. The summed E-state index contributed by atoms with van der Waals surface area (Å²) in [7, 11) is 0. The fourth-order valence-corrected chi connectivity index (χ4v) is 1.20.